The van der Waals surface area contributed by atoms with Crippen molar-refractivity contribution in [1.82, 2.24) is 15.0 Å². The highest BCUT2D eigenvalue weighted by Gasteiger charge is 1.87. The summed E-state index contributed by atoms with van der Waals surface area (Å²) in [6.07, 6.45) is 5.43. The van der Waals surface area contributed by atoms with Gasteiger partial charge in [-0.3, -0.25) is 9.48 Å². The highest BCUT2D eigenvalue weighted by Crippen LogP contribution is 1.82. The molecular weight excluding hydrogens is 118 g/mol. The van der Waals surface area contributed by atoms with Gasteiger partial charge in [-0.25, -0.2) is 0 Å². The Bertz CT molecular complexity index is 170. The molecule has 1 radical (unpaired) electrons. The summed E-state index contributed by atoms with van der Waals surface area (Å²) in [5.74, 6) is 0. The monoisotopic (exact) mass is 124 g/mol. The van der Waals surface area contributed by atoms with Crippen molar-refractivity contribution in [2.24, 2.45) is 0 Å². The summed E-state index contributed by atoms with van der Waals surface area (Å²) in [5.41, 5.74) is 0. The van der Waals surface area contributed by atoms with Gasteiger partial charge in [0, 0.05) is 12.6 Å². The summed E-state index contributed by atoms with van der Waals surface area (Å²) in [6, 6.07) is 0. The second-order valence-corrected chi connectivity index (χ2v) is 1.56. The Balaban J connectivity index is 2.38. The van der Waals surface area contributed by atoms with Crippen LogP contribution in [0.2, 0.25) is 0 Å². The van der Waals surface area contributed by atoms with E-state index in [2.05, 4.69) is 10.3 Å². The fourth-order valence-corrected chi connectivity index (χ4v) is 0.512. The molecule has 1 aromatic heterocycles. The molecule has 0 saturated carbocycles. The Morgan fingerprint density at radius 1 is 1.67 bits per heavy atom. The molecule has 0 amide bonds. The topological polar surface area (TPSA) is 47.8 Å². The Labute approximate surface area is 52.5 Å². The second kappa shape index (κ2) is 2.96. The number of nitrogens with zero attached hydrogens (tertiary/aromatic N) is 3. The van der Waals surface area contributed by atoms with Crippen molar-refractivity contribution in [2.45, 2.75) is 13.0 Å². The summed E-state index contributed by atoms with van der Waals surface area (Å²) in [6.45, 7) is 0.573. The van der Waals surface area contributed by atoms with Crippen LogP contribution in [0.1, 0.15) is 6.42 Å². The largest absolute Gasteiger partial charge is 0.291 e. The minimum Gasteiger partial charge on any atom is -0.291 e. The van der Waals surface area contributed by atoms with Gasteiger partial charge in [0.25, 0.3) is 0 Å². The molecule has 0 N–H and O–H groups in total. The highest BCUT2D eigenvalue weighted by atomic mass is 16.1. The zero-order valence-corrected chi connectivity index (χ0v) is 4.82. The average molecular weight is 124 g/mol. The first-order chi connectivity index (χ1) is 4.43. The molecule has 0 fully saturated rings. The lowest BCUT2D eigenvalue weighted by Crippen LogP contribution is -1.98. The van der Waals surface area contributed by atoms with Gasteiger partial charge in [-0.1, -0.05) is 5.21 Å². The molecule has 1 rings (SSSR count). The van der Waals surface area contributed by atoms with Crippen molar-refractivity contribution in [3.8, 4) is 0 Å². The third kappa shape index (κ3) is 1.64. The first kappa shape index (κ1) is 5.94. The number of aryl methyl sites for hydroxylation is 1. The van der Waals surface area contributed by atoms with Crippen LogP contribution in [0.3, 0.4) is 0 Å². The van der Waals surface area contributed by atoms with Crippen LogP contribution >= 0.6 is 0 Å². The summed E-state index contributed by atoms with van der Waals surface area (Å²) in [5, 5.41) is 7.20. The maximum Gasteiger partial charge on any atom is 0.200 e. The Kier molecular flexibility index (Phi) is 1.95. The normalized spacial score (nSPS) is 9.33. The van der Waals surface area contributed by atoms with Crippen molar-refractivity contribution in [3.05, 3.63) is 12.4 Å². The molecule has 0 atom stereocenters. The molecule has 0 aliphatic rings. The van der Waals surface area contributed by atoms with E-state index in [-0.39, 0.29) is 0 Å². The predicted molar refractivity (Wildman–Crippen MR) is 30.3 cm³/mol. The molecule has 0 aliphatic heterocycles. The van der Waals surface area contributed by atoms with Crippen LogP contribution in [-0.4, -0.2) is 21.3 Å². The maximum absolute atomic E-state index is 9.71. The molecule has 1 aromatic rings. The number of rotatable bonds is 3. The van der Waals surface area contributed by atoms with E-state index in [9.17, 15) is 4.79 Å². The maximum atomic E-state index is 9.71. The van der Waals surface area contributed by atoms with E-state index in [4.69, 9.17) is 0 Å². The number of aromatic nitrogens is 3. The van der Waals surface area contributed by atoms with Gasteiger partial charge in [0.2, 0.25) is 0 Å². The van der Waals surface area contributed by atoms with E-state index in [1.807, 2.05) is 0 Å². The lowest BCUT2D eigenvalue weighted by Gasteiger charge is -1.89. The Morgan fingerprint density at radius 2 is 2.56 bits per heavy atom. The fourth-order valence-electron chi connectivity index (χ4n) is 0.512. The number of hydrogen-bond acceptors (Lipinski definition) is 3. The van der Waals surface area contributed by atoms with E-state index in [0.29, 0.717) is 13.0 Å². The molecule has 0 spiro atoms. The predicted octanol–water partition coefficient (Wildman–Crippen LogP) is -0.222. The first-order valence-electron chi connectivity index (χ1n) is 2.62. The summed E-state index contributed by atoms with van der Waals surface area (Å²) < 4.78 is 1.59. The van der Waals surface area contributed by atoms with E-state index in [0.717, 1.165) is 0 Å². The minimum atomic E-state index is 0.378. The molecule has 0 aromatic carbocycles. The van der Waals surface area contributed by atoms with Gasteiger partial charge in [0.1, 0.15) is 0 Å². The lowest BCUT2D eigenvalue weighted by atomic mass is 10.5. The van der Waals surface area contributed by atoms with Gasteiger partial charge in [-0.15, -0.1) is 5.10 Å². The van der Waals surface area contributed by atoms with Crippen LogP contribution < -0.4 is 0 Å². The van der Waals surface area contributed by atoms with Gasteiger partial charge in [0.15, 0.2) is 6.29 Å². The van der Waals surface area contributed by atoms with E-state index >= 15 is 0 Å². The number of carbonyl (C=O) groups excluding carboxylic acids is 1. The Hall–Kier alpha value is -1.19. The third-order valence-electron chi connectivity index (χ3n) is 0.915. The molecule has 0 aliphatic carbocycles. The summed E-state index contributed by atoms with van der Waals surface area (Å²) in [4.78, 5) is 9.71. The molecule has 4 heteroatoms. The van der Waals surface area contributed by atoms with E-state index < -0.39 is 0 Å². The van der Waals surface area contributed by atoms with Crippen molar-refractivity contribution in [2.75, 3.05) is 0 Å². The van der Waals surface area contributed by atoms with Crippen molar-refractivity contribution >= 4 is 6.29 Å². The van der Waals surface area contributed by atoms with Gasteiger partial charge >= 0.3 is 0 Å². The molecule has 47 valence electrons. The Morgan fingerprint density at radius 3 is 3.11 bits per heavy atom. The standard InChI is InChI=1S/C5H6N3O/c9-5-1-3-8-4-2-6-7-8/h2,4H,1,3H2. The van der Waals surface area contributed by atoms with E-state index in [1.165, 1.54) is 0 Å². The molecule has 0 unspecified atom stereocenters. The number of hydrogen-bond donors (Lipinski definition) is 0. The van der Waals surface area contributed by atoms with Crippen LogP contribution in [0.25, 0.3) is 0 Å². The van der Waals surface area contributed by atoms with Gasteiger partial charge in [0.05, 0.1) is 12.7 Å². The lowest BCUT2D eigenvalue weighted by molar-refractivity contribution is 0.532. The SMILES string of the molecule is O=[C]CCn1ccnn1. The molecule has 4 nitrogen and oxygen atoms in total. The van der Waals surface area contributed by atoms with E-state index in [1.54, 1.807) is 23.4 Å². The average Bonchev–Trinajstić information content (AvgIpc) is 2.34. The summed E-state index contributed by atoms with van der Waals surface area (Å²) in [7, 11) is 0. The zero-order chi connectivity index (χ0) is 6.53. The quantitative estimate of drug-likeness (QED) is 0.559. The molecule has 1 heterocycles. The van der Waals surface area contributed by atoms with Crippen molar-refractivity contribution in [1.29, 1.82) is 0 Å². The van der Waals surface area contributed by atoms with Crippen molar-refractivity contribution < 1.29 is 4.79 Å². The highest BCUT2D eigenvalue weighted by molar-refractivity contribution is 5.49. The van der Waals surface area contributed by atoms with Gasteiger partial charge in [-0.2, -0.15) is 0 Å². The van der Waals surface area contributed by atoms with Gasteiger partial charge < -0.3 is 0 Å². The zero-order valence-electron chi connectivity index (χ0n) is 4.82. The fraction of sp³-hybridized carbons (Fsp3) is 0.400. The van der Waals surface area contributed by atoms with Crippen LogP contribution in [-0.2, 0) is 11.3 Å². The second-order valence-electron chi connectivity index (χ2n) is 1.56. The smallest absolute Gasteiger partial charge is 0.200 e. The molecule has 0 bridgehead atoms. The minimum absolute atomic E-state index is 0.378. The van der Waals surface area contributed by atoms with Crippen LogP contribution in [0.15, 0.2) is 12.4 Å². The molecule has 0 saturated heterocycles. The van der Waals surface area contributed by atoms with Crippen molar-refractivity contribution in [3.63, 3.8) is 0 Å². The molecular formula is C5H6N3O. The molecule has 9 heavy (non-hydrogen) atoms. The van der Waals surface area contributed by atoms with Crippen LogP contribution in [0, 0.1) is 0 Å². The van der Waals surface area contributed by atoms with Crippen LogP contribution in [0.5, 0.6) is 0 Å². The first-order valence-corrected chi connectivity index (χ1v) is 2.62. The van der Waals surface area contributed by atoms with Crippen LogP contribution in [0.4, 0.5) is 0 Å². The van der Waals surface area contributed by atoms with Gasteiger partial charge in [-0.05, 0) is 0 Å². The third-order valence-corrected chi connectivity index (χ3v) is 0.915. The summed E-state index contributed by atoms with van der Waals surface area (Å²) >= 11 is 0.